The number of anilines is 1. The molecule has 2 aliphatic rings. The van der Waals surface area contributed by atoms with Gasteiger partial charge in [0.1, 0.15) is 5.75 Å². The summed E-state index contributed by atoms with van der Waals surface area (Å²) in [7, 11) is 0. The number of carbonyl (C=O) groups excluding carboxylic acids is 1. The quantitative estimate of drug-likeness (QED) is 0.219. The van der Waals surface area contributed by atoms with E-state index in [9.17, 15) is 9.90 Å². The van der Waals surface area contributed by atoms with Crippen LogP contribution in [0.2, 0.25) is 0 Å². The molecular formula is C22H36IN5O2. The standard InChI is InChI=1S/C22H35N5O2.HI/c1-2-23-22(25-12-11-24-21(29)17-18-7-3-4-8-18)27-15-13-26(14-16-27)19-9-5-6-10-20(19)28;/h5-6,9-10,18,28H,2-4,7-8,11-17H2,1H3,(H,23,25)(H,24,29);1H. The summed E-state index contributed by atoms with van der Waals surface area (Å²) >= 11 is 0. The van der Waals surface area contributed by atoms with Gasteiger partial charge in [-0.05, 0) is 37.8 Å². The molecular weight excluding hydrogens is 493 g/mol. The van der Waals surface area contributed by atoms with Crippen molar-refractivity contribution in [3.8, 4) is 5.75 Å². The minimum Gasteiger partial charge on any atom is -0.506 e. The second-order valence-electron chi connectivity index (χ2n) is 7.90. The van der Waals surface area contributed by atoms with Gasteiger partial charge in [0.05, 0.1) is 12.2 Å². The van der Waals surface area contributed by atoms with Gasteiger partial charge in [0.25, 0.3) is 0 Å². The van der Waals surface area contributed by atoms with E-state index in [1.54, 1.807) is 6.07 Å². The summed E-state index contributed by atoms with van der Waals surface area (Å²) in [6, 6.07) is 7.48. The smallest absolute Gasteiger partial charge is 0.220 e. The Hall–Kier alpha value is -1.71. The molecule has 0 radical (unpaired) electrons. The number of benzene rings is 1. The van der Waals surface area contributed by atoms with Gasteiger partial charge < -0.3 is 25.5 Å². The number of amides is 1. The van der Waals surface area contributed by atoms with Crippen LogP contribution in [0.4, 0.5) is 5.69 Å². The average molecular weight is 529 g/mol. The van der Waals surface area contributed by atoms with Crippen molar-refractivity contribution in [2.45, 2.75) is 39.0 Å². The van der Waals surface area contributed by atoms with Crippen LogP contribution in [-0.4, -0.2) is 67.7 Å². The molecule has 1 heterocycles. The number of piperazine rings is 1. The van der Waals surface area contributed by atoms with Crippen molar-refractivity contribution < 1.29 is 9.90 Å². The van der Waals surface area contributed by atoms with E-state index in [1.165, 1.54) is 25.7 Å². The maximum absolute atomic E-state index is 12.1. The third kappa shape index (κ3) is 7.21. The molecule has 168 valence electrons. The van der Waals surface area contributed by atoms with Crippen LogP contribution in [0, 0.1) is 5.92 Å². The lowest BCUT2D eigenvalue weighted by Crippen LogP contribution is -2.52. The molecule has 2 fully saturated rings. The van der Waals surface area contributed by atoms with Gasteiger partial charge in [-0.15, -0.1) is 24.0 Å². The molecule has 8 heteroatoms. The van der Waals surface area contributed by atoms with Crippen molar-refractivity contribution in [2.24, 2.45) is 10.9 Å². The van der Waals surface area contributed by atoms with Crippen molar-refractivity contribution >= 4 is 41.5 Å². The van der Waals surface area contributed by atoms with Gasteiger partial charge in [0.15, 0.2) is 5.96 Å². The number of aliphatic imine (C=N–C) groups is 1. The molecule has 0 atom stereocenters. The Morgan fingerprint density at radius 3 is 2.50 bits per heavy atom. The van der Waals surface area contributed by atoms with E-state index in [4.69, 9.17) is 4.99 Å². The molecule has 1 aromatic rings. The molecule has 1 aromatic carbocycles. The molecule has 7 nitrogen and oxygen atoms in total. The van der Waals surface area contributed by atoms with E-state index in [0.717, 1.165) is 44.4 Å². The Morgan fingerprint density at radius 1 is 1.13 bits per heavy atom. The number of hydrogen-bond donors (Lipinski definition) is 3. The van der Waals surface area contributed by atoms with Gasteiger partial charge in [0, 0.05) is 45.7 Å². The van der Waals surface area contributed by atoms with Crippen LogP contribution < -0.4 is 15.5 Å². The minimum atomic E-state index is 0. The van der Waals surface area contributed by atoms with E-state index >= 15 is 0 Å². The van der Waals surface area contributed by atoms with Crippen LogP contribution >= 0.6 is 24.0 Å². The van der Waals surface area contributed by atoms with E-state index < -0.39 is 0 Å². The number of aromatic hydroxyl groups is 1. The van der Waals surface area contributed by atoms with E-state index in [2.05, 4.69) is 27.4 Å². The largest absolute Gasteiger partial charge is 0.506 e. The Balaban J connectivity index is 0.00000320. The summed E-state index contributed by atoms with van der Waals surface area (Å²) < 4.78 is 0. The van der Waals surface area contributed by atoms with Gasteiger partial charge in [0.2, 0.25) is 5.91 Å². The van der Waals surface area contributed by atoms with Crippen LogP contribution in [0.3, 0.4) is 0 Å². The van der Waals surface area contributed by atoms with E-state index in [0.29, 0.717) is 31.2 Å². The molecule has 0 unspecified atom stereocenters. The fourth-order valence-corrected chi connectivity index (χ4v) is 4.22. The van der Waals surface area contributed by atoms with Crippen molar-refractivity contribution in [1.29, 1.82) is 0 Å². The number of rotatable bonds is 7. The number of hydrogen-bond acceptors (Lipinski definition) is 4. The lowest BCUT2D eigenvalue weighted by atomic mass is 10.0. The number of para-hydroxylation sites is 2. The third-order valence-electron chi connectivity index (χ3n) is 5.78. The molecule has 1 saturated carbocycles. The first-order chi connectivity index (χ1) is 14.2. The van der Waals surface area contributed by atoms with Gasteiger partial charge >= 0.3 is 0 Å². The van der Waals surface area contributed by atoms with Crippen LogP contribution in [0.1, 0.15) is 39.0 Å². The molecule has 0 spiro atoms. The molecule has 1 amide bonds. The van der Waals surface area contributed by atoms with Crippen LogP contribution in [-0.2, 0) is 4.79 Å². The van der Waals surface area contributed by atoms with Crippen LogP contribution in [0.5, 0.6) is 5.75 Å². The van der Waals surface area contributed by atoms with Crippen LogP contribution in [0.15, 0.2) is 29.3 Å². The Labute approximate surface area is 197 Å². The van der Waals surface area contributed by atoms with Crippen molar-refractivity contribution in [3.63, 3.8) is 0 Å². The number of halogens is 1. The maximum atomic E-state index is 12.1. The third-order valence-corrected chi connectivity index (χ3v) is 5.78. The molecule has 3 N–H and O–H groups in total. The highest BCUT2D eigenvalue weighted by atomic mass is 127. The first-order valence-electron chi connectivity index (χ1n) is 11.0. The summed E-state index contributed by atoms with van der Waals surface area (Å²) in [6.45, 7) is 7.39. The Kier molecular flexibility index (Phi) is 10.5. The molecule has 1 aliphatic heterocycles. The van der Waals surface area contributed by atoms with Gasteiger partial charge in [-0.25, -0.2) is 0 Å². The zero-order valence-electron chi connectivity index (χ0n) is 18.0. The van der Waals surface area contributed by atoms with Crippen molar-refractivity contribution in [1.82, 2.24) is 15.5 Å². The normalized spacial score (nSPS) is 17.6. The van der Waals surface area contributed by atoms with Gasteiger partial charge in [-0.2, -0.15) is 0 Å². The molecule has 30 heavy (non-hydrogen) atoms. The highest BCUT2D eigenvalue weighted by Gasteiger charge is 2.21. The summed E-state index contributed by atoms with van der Waals surface area (Å²) in [6.07, 6.45) is 5.60. The Morgan fingerprint density at radius 2 is 1.83 bits per heavy atom. The summed E-state index contributed by atoms with van der Waals surface area (Å²) in [5.74, 6) is 1.97. The first-order valence-corrected chi connectivity index (χ1v) is 11.0. The fourth-order valence-electron chi connectivity index (χ4n) is 4.22. The lowest BCUT2D eigenvalue weighted by molar-refractivity contribution is -0.121. The van der Waals surface area contributed by atoms with Crippen molar-refractivity contribution in [2.75, 3.05) is 50.7 Å². The van der Waals surface area contributed by atoms with E-state index in [1.807, 2.05) is 18.2 Å². The number of guanidine groups is 1. The van der Waals surface area contributed by atoms with Crippen LogP contribution in [0.25, 0.3) is 0 Å². The highest BCUT2D eigenvalue weighted by molar-refractivity contribution is 14.0. The molecule has 1 aliphatic carbocycles. The summed E-state index contributed by atoms with van der Waals surface area (Å²) in [4.78, 5) is 21.2. The molecule has 0 bridgehead atoms. The molecule has 0 aromatic heterocycles. The first kappa shape index (κ1) is 24.6. The second-order valence-corrected chi connectivity index (χ2v) is 7.90. The second kappa shape index (κ2) is 12.9. The predicted octanol–water partition coefficient (Wildman–Crippen LogP) is 2.79. The minimum absolute atomic E-state index is 0. The number of nitrogens with zero attached hydrogens (tertiary/aromatic N) is 3. The molecule has 1 saturated heterocycles. The van der Waals surface area contributed by atoms with Gasteiger partial charge in [-0.3, -0.25) is 9.79 Å². The zero-order chi connectivity index (χ0) is 20.5. The lowest BCUT2D eigenvalue weighted by Gasteiger charge is -2.37. The topological polar surface area (TPSA) is 80.2 Å². The summed E-state index contributed by atoms with van der Waals surface area (Å²) in [5.41, 5.74) is 0.888. The highest BCUT2D eigenvalue weighted by Crippen LogP contribution is 2.28. The van der Waals surface area contributed by atoms with Gasteiger partial charge in [-0.1, -0.05) is 25.0 Å². The number of phenols is 1. The predicted molar refractivity (Wildman–Crippen MR) is 133 cm³/mol. The Bertz CT molecular complexity index is 686. The average Bonchev–Trinajstić information content (AvgIpc) is 3.24. The fraction of sp³-hybridized carbons (Fsp3) is 0.636. The number of phenolic OH excluding ortho intramolecular Hbond substituents is 1. The molecule has 3 rings (SSSR count). The number of nitrogens with one attached hydrogen (secondary N) is 2. The summed E-state index contributed by atoms with van der Waals surface area (Å²) in [5, 5.41) is 16.5. The number of carbonyl (C=O) groups is 1. The van der Waals surface area contributed by atoms with Crippen molar-refractivity contribution in [3.05, 3.63) is 24.3 Å². The maximum Gasteiger partial charge on any atom is 0.220 e. The zero-order valence-corrected chi connectivity index (χ0v) is 20.3. The monoisotopic (exact) mass is 529 g/mol. The van der Waals surface area contributed by atoms with E-state index in [-0.39, 0.29) is 29.9 Å². The SMILES string of the molecule is CCNC(=NCCNC(=O)CC1CCCC1)N1CCN(c2ccccc2O)CC1.I.